The summed E-state index contributed by atoms with van der Waals surface area (Å²) < 4.78 is 5.41. The van der Waals surface area contributed by atoms with Crippen LogP contribution in [0, 0.1) is 0 Å². The van der Waals surface area contributed by atoms with Crippen LogP contribution in [0.3, 0.4) is 0 Å². The second kappa shape index (κ2) is 4.52. The standard InChI is InChI=1S/C12H10N2O3/c13-10-6-8(12(15)16)7-14-11(10)17-9-4-2-1-3-5-9/h1-7H,13H2,(H,15,16). The summed E-state index contributed by atoms with van der Waals surface area (Å²) in [6.45, 7) is 0. The molecule has 5 nitrogen and oxygen atoms in total. The summed E-state index contributed by atoms with van der Waals surface area (Å²) in [6, 6.07) is 10.3. The molecule has 0 unspecified atom stereocenters. The Kier molecular flexibility index (Phi) is 2.91. The zero-order valence-electron chi connectivity index (χ0n) is 8.83. The van der Waals surface area contributed by atoms with Gasteiger partial charge in [-0.15, -0.1) is 0 Å². The Morgan fingerprint density at radius 1 is 1.29 bits per heavy atom. The highest BCUT2D eigenvalue weighted by atomic mass is 16.5. The maximum atomic E-state index is 10.7. The van der Waals surface area contributed by atoms with Crippen molar-refractivity contribution in [2.24, 2.45) is 0 Å². The summed E-state index contributed by atoms with van der Waals surface area (Å²) in [5.74, 6) is -0.286. The van der Waals surface area contributed by atoms with Gasteiger partial charge in [0.05, 0.1) is 11.3 Å². The van der Waals surface area contributed by atoms with Crippen molar-refractivity contribution in [2.45, 2.75) is 0 Å². The number of para-hydroxylation sites is 1. The van der Waals surface area contributed by atoms with E-state index in [0.717, 1.165) is 0 Å². The van der Waals surface area contributed by atoms with Gasteiger partial charge in [0.25, 0.3) is 0 Å². The van der Waals surface area contributed by atoms with Crippen LogP contribution >= 0.6 is 0 Å². The van der Waals surface area contributed by atoms with Gasteiger partial charge < -0.3 is 15.6 Å². The van der Waals surface area contributed by atoms with Crippen LogP contribution in [0.2, 0.25) is 0 Å². The first-order chi connectivity index (χ1) is 8.16. The van der Waals surface area contributed by atoms with Crippen molar-refractivity contribution in [3.8, 4) is 11.6 Å². The van der Waals surface area contributed by atoms with Crippen molar-refractivity contribution >= 4 is 11.7 Å². The van der Waals surface area contributed by atoms with Gasteiger partial charge in [0.15, 0.2) is 0 Å². The van der Waals surface area contributed by atoms with Crippen LogP contribution in [0.5, 0.6) is 11.6 Å². The van der Waals surface area contributed by atoms with Crippen LogP contribution in [-0.4, -0.2) is 16.1 Å². The monoisotopic (exact) mass is 230 g/mol. The van der Waals surface area contributed by atoms with Crippen LogP contribution in [-0.2, 0) is 0 Å². The molecule has 0 bridgehead atoms. The Morgan fingerprint density at radius 3 is 2.59 bits per heavy atom. The number of nitrogens with zero attached hydrogens (tertiary/aromatic N) is 1. The summed E-state index contributed by atoms with van der Waals surface area (Å²) >= 11 is 0. The third kappa shape index (κ3) is 2.52. The molecule has 2 aromatic rings. The predicted octanol–water partition coefficient (Wildman–Crippen LogP) is 2.15. The lowest BCUT2D eigenvalue weighted by Gasteiger charge is -2.07. The molecule has 1 heterocycles. The highest BCUT2D eigenvalue weighted by Crippen LogP contribution is 2.25. The lowest BCUT2D eigenvalue weighted by molar-refractivity contribution is 0.0696. The molecule has 1 aromatic heterocycles. The number of anilines is 1. The van der Waals surface area contributed by atoms with E-state index in [1.807, 2.05) is 18.2 Å². The van der Waals surface area contributed by atoms with Gasteiger partial charge in [-0.2, -0.15) is 0 Å². The number of pyridine rings is 1. The van der Waals surface area contributed by atoms with Gasteiger partial charge in [-0.05, 0) is 18.2 Å². The molecule has 1 aromatic carbocycles. The lowest BCUT2D eigenvalue weighted by atomic mass is 10.2. The SMILES string of the molecule is Nc1cc(C(=O)O)cnc1Oc1ccccc1. The van der Waals surface area contributed by atoms with Crippen LogP contribution in [0.15, 0.2) is 42.6 Å². The molecule has 17 heavy (non-hydrogen) atoms. The fraction of sp³-hybridized carbons (Fsp3) is 0. The zero-order chi connectivity index (χ0) is 12.3. The largest absolute Gasteiger partial charge is 0.478 e. The first-order valence-corrected chi connectivity index (χ1v) is 4.88. The minimum Gasteiger partial charge on any atom is -0.478 e. The number of aromatic nitrogens is 1. The number of hydrogen-bond acceptors (Lipinski definition) is 4. The Balaban J connectivity index is 2.26. The number of hydrogen-bond donors (Lipinski definition) is 2. The zero-order valence-corrected chi connectivity index (χ0v) is 8.83. The Labute approximate surface area is 97.5 Å². The van der Waals surface area contributed by atoms with Gasteiger partial charge in [0.1, 0.15) is 5.75 Å². The Bertz CT molecular complexity index is 541. The van der Waals surface area contributed by atoms with Gasteiger partial charge in [-0.25, -0.2) is 9.78 Å². The number of nitrogen functional groups attached to an aromatic ring is 1. The van der Waals surface area contributed by atoms with Gasteiger partial charge >= 0.3 is 5.97 Å². The molecule has 0 fully saturated rings. The molecule has 2 rings (SSSR count). The molecule has 0 aliphatic heterocycles. The quantitative estimate of drug-likeness (QED) is 0.843. The smallest absolute Gasteiger partial charge is 0.337 e. The van der Waals surface area contributed by atoms with E-state index >= 15 is 0 Å². The van der Waals surface area contributed by atoms with Crippen molar-refractivity contribution in [1.82, 2.24) is 4.98 Å². The molecule has 0 amide bonds. The molecule has 0 aliphatic carbocycles. The van der Waals surface area contributed by atoms with Crippen LogP contribution in [0.25, 0.3) is 0 Å². The number of rotatable bonds is 3. The molecule has 5 heteroatoms. The first-order valence-electron chi connectivity index (χ1n) is 4.88. The van der Waals surface area contributed by atoms with Gasteiger partial charge in [0, 0.05) is 6.20 Å². The molecule has 0 radical (unpaired) electrons. The van der Waals surface area contributed by atoms with Crippen molar-refractivity contribution in [2.75, 3.05) is 5.73 Å². The normalized spacial score (nSPS) is 9.88. The van der Waals surface area contributed by atoms with Crippen molar-refractivity contribution < 1.29 is 14.6 Å². The van der Waals surface area contributed by atoms with E-state index in [1.54, 1.807) is 12.1 Å². The van der Waals surface area contributed by atoms with E-state index in [2.05, 4.69) is 4.98 Å². The van der Waals surface area contributed by atoms with Crippen molar-refractivity contribution in [1.29, 1.82) is 0 Å². The highest BCUT2D eigenvalue weighted by molar-refractivity contribution is 5.88. The molecular weight excluding hydrogens is 220 g/mol. The second-order valence-electron chi connectivity index (χ2n) is 3.34. The van der Waals surface area contributed by atoms with Gasteiger partial charge in [-0.1, -0.05) is 18.2 Å². The number of carboxylic acid groups (broad SMARTS) is 1. The lowest BCUT2D eigenvalue weighted by Crippen LogP contribution is -2.01. The van der Waals surface area contributed by atoms with Crippen molar-refractivity contribution in [3.05, 3.63) is 48.2 Å². The summed E-state index contributed by atoms with van der Waals surface area (Å²) in [6.07, 6.45) is 1.21. The number of carbonyl (C=O) groups is 1. The van der Waals surface area contributed by atoms with Crippen LogP contribution < -0.4 is 10.5 Å². The number of benzene rings is 1. The Morgan fingerprint density at radius 2 is 2.00 bits per heavy atom. The van der Waals surface area contributed by atoms with E-state index in [9.17, 15) is 4.79 Å². The third-order valence-corrected chi connectivity index (χ3v) is 2.08. The van der Waals surface area contributed by atoms with Crippen LogP contribution in [0.4, 0.5) is 5.69 Å². The molecule has 0 spiro atoms. The summed E-state index contributed by atoms with van der Waals surface area (Å²) in [5, 5.41) is 8.75. The number of carboxylic acids is 1. The molecule has 86 valence electrons. The maximum Gasteiger partial charge on any atom is 0.337 e. The summed E-state index contributed by atoms with van der Waals surface area (Å²) in [5.41, 5.74) is 5.88. The molecule has 0 saturated heterocycles. The predicted molar refractivity (Wildman–Crippen MR) is 62.1 cm³/mol. The molecule has 0 saturated carbocycles. The molecule has 0 atom stereocenters. The molecule has 0 aliphatic rings. The molecular formula is C12H10N2O3. The highest BCUT2D eigenvalue weighted by Gasteiger charge is 2.09. The summed E-state index contributed by atoms with van der Waals surface area (Å²) in [4.78, 5) is 14.6. The number of ether oxygens (including phenoxy) is 1. The minimum atomic E-state index is -1.07. The minimum absolute atomic E-state index is 0.0305. The van der Waals surface area contributed by atoms with E-state index in [4.69, 9.17) is 15.6 Å². The molecule has 3 N–H and O–H groups in total. The number of nitrogens with two attached hydrogens (primary N) is 1. The maximum absolute atomic E-state index is 10.7. The second-order valence-corrected chi connectivity index (χ2v) is 3.34. The van der Waals surface area contributed by atoms with E-state index < -0.39 is 5.97 Å². The van der Waals surface area contributed by atoms with Crippen LogP contribution in [0.1, 0.15) is 10.4 Å². The van der Waals surface area contributed by atoms with Gasteiger partial charge in [-0.3, -0.25) is 0 Å². The van der Waals surface area contributed by atoms with Gasteiger partial charge in [0.2, 0.25) is 5.88 Å². The fourth-order valence-electron chi connectivity index (χ4n) is 1.27. The average molecular weight is 230 g/mol. The average Bonchev–Trinajstić information content (AvgIpc) is 2.33. The summed E-state index contributed by atoms with van der Waals surface area (Å²) in [7, 11) is 0. The first kappa shape index (κ1) is 10.9. The number of aromatic carboxylic acids is 1. The fourth-order valence-corrected chi connectivity index (χ4v) is 1.27. The van der Waals surface area contributed by atoms with E-state index in [1.165, 1.54) is 12.3 Å². The van der Waals surface area contributed by atoms with E-state index in [0.29, 0.717) is 5.75 Å². The van der Waals surface area contributed by atoms with E-state index in [-0.39, 0.29) is 17.1 Å². The topological polar surface area (TPSA) is 85.4 Å². The third-order valence-electron chi connectivity index (χ3n) is 2.08. The van der Waals surface area contributed by atoms with Crippen molar-refractivity contribution in [3.63, 3.8) is 0 Å². The Hall–Kier alpha value is -2.56.